The van der Waals surface area contributed by atoms with Crippen molar-refractivity contribution in [2.24, 2.45) is 0 Å². The summed E-state index contributed by atoms with van der Waals surface area (Å²) in [5, 5.41) is 3.74. The first-order valence-electron chi connectivity index (χ1n) is 7.14. The Bertz CT molecular complexity index is 457. The van der Waals surface area contributed by atoms with Crippen LogP contribution in [-0.2, 0) is 0 Å². The van der Waals surface area contributed by atoms with Crippen LogP contribution in [0.2, 0.25) is 0 Å². The molecule has 0 aromatic heterocycles. The molecule has 1 N–H and O–H groups in total. The van der Waals surface area contributed by atoms with Gasteiger partial charge in [-0.1, -0.05) is 12.8 Å². The molecular weight excluding hydrogens is 307 g/mol. The quantitative estimate of drug-likeness (QED) is 0.846. The van der Waals surface area contributed by atoms with Crippen molar-refractivity contribution in [2.75, 3.05) is 24.5 Å². The molecule has 104 valence electrons. The number of hydrogen-bond donors (Lipinski definition) is 1. The van der Waals surface area contributed by atoms with E-state index in [0.29, 0.717) is 4.47 Å². The highest BCUT2D eigenvalue weighted by atomic mass is 79.9. The Hall–Kier alpha value is -0.610. The number of anilines is 1. The lowest BCUT2D eigenvalue weighted by atomic mass is 9.97. The van der Waals surface area contributed by atoms with Crippen LogP contribution in [0.4, 0.5) is 10.1 Å². The molecule has 0 atom stereocenters. The molecule has 1 saturated carbocycles. The zero-order valence-corrected chi connectivity index (χ0v) is 12.7. The molecule has 1 saturated heterocycles. The second-order valence-corrected chi connectivity index (χ2v) is 6.64. The molecule has 2 aliphatic rings. The maximum atomic E-state index is 13.7. The summed E-state index contributed by atoms with van der Waals surface area (Å²) < 4.78 is 14.3. The first kappa shape index (κ1) is 13.4. The van der Waals surface area contributed by atoms with Crippen molar-refractivity contribution in [3.05, 3.63) is 28.5 Å². The molecule has 0 bridgehead atoms. The van der Waals surface area contributed by atoms with Gasteiger partial charge in [0.15, 0.2) is 0 Å². The summed E-state index contributed by atoms with van der Waals surface area (Å²) in [6, 6.07) is 5.48. The van der Waals surface area contributed by atoms with Gasteiger partial charge >= 0.3 is 0 Å². The van der Waals surface area contributed by atoms with Crippen molar-refractivity contribution in [1.29, 1.82) is 0 Å². The van der Waals surface area contributed by atoms with E-state index in [0.717, 1.165) is 31.7 Å². The minimum atomic E-state index is -0.171. The van der Waals surface area contributed by atoms with Crippen LogP contribution in [0, 0.1) is 5.82 Å². The normalized spacial score (nSPS) is 22.7. The van der Waals surface area contributed by atoms with Crippen LogP contribution in [0.25, 0.3) is 0 Å². The molecule has 0 unspecified atom stereocenters. The average molecular weight is 327 g/mol. The minimum Gasteiger partial charge on any atom is -0.370 e. The van der Waals surface area contributed by atoms with Crippen molar-refractivity contribution in [3.8, 4) is 0 Å². The first-order chi connectivity index (χ1) is 9.19. The predicted molar refractivity (Wildman–Crippen MR) is 80.1 cm³/mol. The van der Waals surface area contributed by atoms with Crippen LogP contribution in [0.3, 0.4) is 0 Å². The van der Waals surface area contributed by atoms with Crippen molar-refractivity contribution >= 4 is 21.6 Å². The van der Waals surface area contributed by atoms with Crippen LogP contribution in [-0.4, -0.2) is 25.2 Å². The summed E-state index contributed by atoms with van der Waals surface area (Å²) in [6.45, 7) is 3.10. The highest BCUT2D eigenvalue weighted by Crippen LogP contribution is 2.33. The second-order valence-electron chi connectivity index (χ2n) is 5.79. The molecule has 0 radical (unpaired) electrons. The Balaban J connectivity index is 1.84. The van der Waals surface area contributed by atoms with Gasteiger partial charge < -0.3 is 10.2 Å². The van der Waals surface area contributed by atoms with Crippen LogP contribution in [0.15, 0.2) is 22.7 Å². The Kier molecular flexibility index (Phi) is 3.81. The van der Waals surface area contributed by atoms with E-state index >= 15 is 0 Å². The van der Waals surface area contributed by atoms with E-state index in [4.69, 9.17) is 0 Å². The summed E-state index contributed by atoms with van der Waals surface area (Å²) in [5.41, 5.74) is 1.27. The standard InChI is InChI=1S/C15H20BrFN2/c16-13-5-4-12(10-14(13)17)19-9-3-8-18-15(11-19)6-1-2-7-15/h4-5,10,18H,1-3,6-9,11H2. The van der Waals surface area contributed by atoms with Gasteiger partial charge in [-0.2, -0.15) is 0 Å². The van der Waals surface area contributed by atoms with E-state index in [1.54, 1.807) is 6.07 Å². The third-order valence-corrected chi connectivity index (χ3v) is 5.07. The molecule has 19 heavy (non-hydrogen) atoms. The van der Waals surface area contributed by atoms with Gasteiger partial charge in [0.05, 0.1) is 4.47 Å². The van der Waals surface area contributed by atoms with E-state index in [1.165, 1.54) is 25.7 Å². The fourth-order valence-corrected chi connectivity index (χ4v) is 3.66. The molecular formula is C15H20BrFN2. The summed E-state index contributed by atoms with van der Waals surface area (Å²) >= 11 is 3.22. The van der Waals surface area contributed by atoms with Gasteiger partial charge in [0, 0.05) is 24.3 Å². The fourth-order valence-electron chi connectivity index (χ4n) is 3.41. The third kappa shape index (κ3) is 2.79. The van der Waals surface area contributed by atoms with E-state index in [2.05, 4.69) is 26.1 Å². The smallest absolute Gasteiger partial charge is 0.139 e. The van der Waals surface area contributed by atoms with Crippen molar-refractivity contribution in [3.63, 3.8) is 0 Å². The molecule has 1 aliphatic heterocycles. The molecule has 1 aliphatic carbocycles. The summed E-state index contributed by atoms with van der Waals surface area (Å²) in [4.78, 5) is 2.35. The zero-order chi connectivity index (χ0) is 13.3. The number of rotatable bonds is 1. The van der Waals surface area contributed by atoms with Crippen molar-refractivity contribution < 1.29 is 4.39 Å². The summed E-state index contributed by atoms with van der Waals surface area (Å²) in [5.74, 6) is -0.171. The van der Waals surface area contributed by atoms with Crippen LogP contribution in [0.1, 0.15) is 32.1 Å². The van der Waals surface area contributed by atoms with Crippen LogP contribution in [0.5, 0.6) is 0 Å². The molecule has 1 aromatic carbocycles. The van der Waals surface area contributed by atoms with Crippen LogP contribution >= 0.6 is 15.9 Å². The SMILES string of the molecule is Fc1cc(N2CCCNC3(CCCC3)C2)ccc1Br. The van der Waals surface area contributed by atoms with Crippen molar-refractivity contribution in [1.82, 2.24) is 5.32 Å². The fraction of sp³-hybridized carbons (Fsp3) is 0.600. The highest BCUT2D eigenvalue weighted by molar-refractivity contribution is 9.10. The van der Waals surface area contributed by atoms with Gasteiger partial charge in [-0.05, 0) is 59.9 Å². The average Bonchev–Trinajstić information content (AvgIpc) is 2.74. The van der Waals surface area contributed by atoms with Gasteiger partial charge in [0.1, 0.15) is 5.82 Å². The number of benzene rings is 1. The van der Waals surface area contributed by atoms with Crippen molar-refractivity contribution in [2.45, 2.75) is 37.6 Å². The second kappa shape index (κ2) is 5.41. The number of nitrogens with zero attached hydrogens (tertiary/aromatic N) is 1. The maximum absolute atomic E-state index is 13.7. The zero-order valence-electron chi connectivity index (χ0n) is 11.1. The Labute approximate surface area is 122 Å². The number of nitrogens with one attached hydrogen (secondary N) is 1. The predicted octanol–water partition coefficient (Wildman–Crippen LogP) is 3.70. The van der Waals surface area contributed by atoms with Gasteiger partial charge in [-0.15, -0.1) is 0 Å². The molecule has 1 aromatic rings. The van der Waals surface area contributed by atoms with E-state index in [1.807, 2.05) is 12.1 Å². The molecule has 2 fully saturated rings. The topological polar surface area (TPSA) is 15.3 Å². The lowest BCUT2D eigenvalue weighted by molar-refractivity contribution is 0.354. The summed E-state index contributed by atoms with van der Waals surface area (Å²) in [7, 11) is 0. The van der Waals surface area contributed by atoms with E-state index in [-0.39, 0.29) is 11.4 Å². The molecule has 4 heteroatoms. The largest absolute Gasteiger partial charge is 0.370 e. The molecule has 2 nitrogen and oxygen atoms in total. The lowest BCUT2D eigenvalue weighted by Gasteiger charge is -2.34. The monoisotopic (exact) mass is 326 g/mol. The summed E-state index contributed by atoms with van der Waals surface area (Å²) in [6.07, 6.45) is 6.26. The lowest BCUT2D eigenvalue weighted by Crippen LogP contribution is -2.49. The molecule has 0 amide bonds. The van der Waals surface area contributed by atoms with Gasteiger partial charge in [0.2, 0.25) is 0 Å². The Morgan fingerprint density at radius 2 is 2.00 bits per heavy atom. The highest BCUT2D eigenvalue weighted by Gasteiger charge is 2.36. The van der Waals surface area contributed by atoms with E-state index < -0.39 is 0 Å². The Morgan fingerprint density at radius 1 is 1.21 bits per heavy atom. The van der Waals surface area contributed by atoms with Gasteiger partial charge in [-0.25, -0.2) is 4.39 Å². The maximum Gasteiger partial charge on any atom is 0.139 e. The van der Waals surface area contributed by atoms with E-state index in [9.17, 15) is 4.39 Å². The third-order valence-electron chi connectivity index (χ3n) is 4.43. The number of hydrogen-bond acceptors (Lipinski definition) is 2. The number of halogens is 2. The Morgan fingerprint density at radius 3 is 2.74 bits per heavy atom. The van der Waals surface area contributed by atoms with Gasteiger partial charge in [-0.3, -0.25) is 0 Å². The van der Waals surface area contributed by atoms with Crippen LogP contribution < -0.4 is 10.2 Å². The minimum absolute atomic E-state index is 0.171. The van der Waals surface area contributed by atoms with Gasteiger partial charge in [0.25, 0.3) is 0 Å². The molecule has 1 spiro atoms. The molecule has 1 heterocycles. The molecule has 3 rings (SSSR count). The first-order valence-corrected chi connectivity index (χ1v) is 7.93.